The van der Waals surface area contributed by atoms with E-state index in [1.165, 1.54) is 38.5 Å². The van der Waals surface area contributed by atoms with Crippen LogP contribution in [0.1, 0.15) is 38.5 Å². The minimum absolute atomic E-state index is 0.0926. The number of ether oxygens (including phenoxy) is 1. The summed E-state index contributed by atoms with van der Waals surface area (Å²) in [7, 11) is 0. The maximum absolute atomic E-state index is 10.1. The van der Waals surface area contributed by atoms with Gasteiger partial charge in [0.25, 0.3) is 0 Å². The zero-order valence-corrected chi connectivity index (χ0v) is 7.76. The van der Waals surface area contributed by atoms with Crippen LogP contribution in [0.25, 0.3) is 0 Å². The van der Waals surface area contributed by atoms with Crippen molar-refractivity contribution in [3.8, 4) is 0 Å². The molecule has 0 aromatic carbocycles. The van der Waals surface area contributed by atoms with Gasteiger partial charge >= 0.3 is 0 Å². The van der Waals surface area contributed by atoms with Crippen LogP contribution in [0.3, 0.4) is 0 Å². The van der Waals surface area contributed by atoms with E-state index in [4.69, 9.17) is 4.74 Å². The first-order chi connectivity index (χ1) is 5.93. The van der Waals surface area contributed by atoms with Gasteiger partial charge in [0.1, 0.15) is 6.61 Å². The zero-order chi connectivity index (χ0) is 8.65. The molecule has 0 heterocycles. The summed E-state index contributed by atoms with van der Waals surface area (Å²) in [4.78, 5) is 0. The Morgan fingerprint density at radius 1 is 1.08 bits per heavy atom. The zero-order valence-electron chi connectivity index (χ0n) is 7.76. The van der Waals surface area contributed by atoms with Gasteiger partial charge in [0.15, 0.2) is 0 Å². The van der Waals surface area contributed by atoms with Crippen LogP contribution in [0.5, 0.6) is 0 Å². The van der Waals surface area contributed by atoms with Crippen molar-refractivity contribution in [3.05, 3.63) is 0 Å². The summed E-state index contributed by atoms with van der Waals surface area (Å²) in [6.07, 6.45) is 8.12. The van der Waals surface area contributed by atoms with Crippen molar-refractivity contribution in [1.29, 1.82) is 0 Å². The first-order valence-electron chi connectivity index (χ1n) is 5.09. The van der Waals surface area contributed by atoms with E-state index in [1.54, 1.807) is 0 Å². The highest BCUT2D eigenvalue weighted by molar-refractivity contribution is 4.65. The Morgan fingerprint density at radius 3 is 2.50 bits per heavy atom. The predicted molar refractivity (Wildman–Crippen MR) is 47.6 cm³/mol. The van der Waals surface area contributed by atoms with Crippen molar-refractivity contribution in [2.75, 3.05) is 19.8 Å². The molecular formula is C10H19O2. The molecule has 1 aliphatic rings. The first-order valence-corrected chi connectivity index (χ1v) is 5.09. The SMILES string of the molecule is [O]CCOCCC1CCCCC1. The van der Waals surface area contributed by atoms with Gasteiger partial charge in [-0.25, -0.2) is 5.11 Å². The monoisotopic (exact) mass is 171 g/mol. The Labute approximate surface area is 74.9 Å². The van der Waals surface area contributed by atoms with Crippen molar-refractivity contribution < 1.29 is 9.84 Å². The van der Waals surface area contributed by atoms with Gasteiger partial charge in [-0.1, -0.05) is 32.1 Å². The maximum Gasteiger partial charge on any atom is 0.106 e. The van der Waals surface area contributed by atoms with Crippen LogP contribution in [0.4, 0.5) is 0 Å². The van der Waals surface area contributed by atoms with Crippen LogP contribution >= 0.6 is 0 Å². The smallest absolute Gasteiger partial charge is 0.106 e. The average molecular weight is 171 g/mol. The Morgan fingerprint density at radius 2 is 1.83 bits per heavy atom. The third kappa shape index (κ3) is 4.07. The van der Waals surface area contributed by atoms with E-state index < -0.39 is 0 Å². The second-order valence-corrected chi connectivity index (χ2v) is 3.61. The van der Waals surface area contributed by atoms with Gasteiger partial charge in [0, 0.05) is 6.61 Å². The summed E-state index contributed by atoms with van der Waals surface area (Å²) >= 11 is 0. The van der Waals surface area contributed by atoms with Gasteiger partial charge in [-0.15, -0.1) is 0 Å². The molecule has 0 atom stereocenters. The molecule has 0 aliphatic heterocycles. The van der Waals surface area contributed by atoms with E-state index in [0.717, 1.165) is 12.5 Å². The molecule has 1 saturated carbocycles. The summed E-state index contributed by atoms with van der Waals surface area (Å²) in [6.45, 7) is 1.10. The molecule has 71 valence electrons. The molecule has 0 N–H and O–H groups in total. The fraction of sp³-hybridized carbons (Fsp3) is 1.00. The highest BCUT2D eigenvalue weighted by Crippen LogP contribution is 2.25. The Hall–Kier alpha value is -0.0800. The summed E-state index contributed by atoms with van der Waals surface area (Å²) in [6, 6.07) is 0. The van der Waals surface area contributed by atoms with Gasteiger partial charge in [-0.3, -0.25) is 0 Å². The van der Waals surface area contributed by atoms with Crippen LogP contribution < -0.4 is 0 Å². The molecule has 0 aromatic heterocycles. The summed E-state index contributed by atoms with van der Waals surface area (Å²) in [5.41, 5.74) is 0. The maximum atomic E-state index is 10.1. The molecule has 12 heavy (non-hydrogen) atoms. The summed E-state index contributed by atoms with van der Waals surface area (Å²) in [5.74, 6) is 0.880. The van der Waals surface area contributed by atoms with Gasteiger partial charge in [0.2, 0.25) is 0 Å². The fourth-order valence-electron chi connectivity index (χ4n) is 1.89. The lowest BCUT2D eigenvalue weighted by Gasteiger charge is -2.20. The Bertz CT molecular complexity index is 98.0. The highest BCUT2D eigenvalue weighted by Gasteiger charge is 2.12. The third-order valence-electron chi connectivity index (χ3n) is 2.62. The van der Waals surface area contributed by atoms with Crippen LogP contribution in [0.2, 0.25) is 0 Å². The van der Waals surface area contributed by atoms with Crippen molar-refractivity contribution in [2.24, 2.45) is 5.92 Å². The molecule has 0 amide bonds. The Balaban J connectivity index is 1.91. The largest absolute Gasteiger partial charge is 0.379 e. The summed E-state index contributed by atoms with van der Waals surface area (Å²) in [5, 5.41) is 10.1. The van der Waals surface area contributed by atoms with Crippen LogP contribution in [0.15, 0.2) is 0 Å². The molecular weight excluding hydrogens is 152 g/mol. The average Bonchev–Trinajstić information content (AvgIpc) is 2.14. The van der Waals surface area contributed by atoms with Gasteiger partial charge in [-0.05, 0) is 12.3 Å². The van der Waals surface area contributed by atoms with Crippen molar-refractivity contribution in [3.63, 3.8) is 0 Å². The van der Waals surface area contributed by atoms with Crippen LogP contribution in [-0.4, -0.2) is 19.8 Å². The van der Waals surface area contributed by atoms with Crippen molar-refractivity contribution >= 4 is 0 Å². The second kappa shape index (κ2) is 6.44. The molecule has 0 saturated heterocycles. The molecule has 1 aliphatic carbocycles. The van der Waals surface area contributed by atoms with Gasteiger partial charge in [0.05, 0.1) is 6.61 Å². The normalized spacial score (nSPS) is 19.8. The molecule has 0 bridgehead atoms. The lowest BCUT2D eigenvalue weighted by Crippen LogP contribution is -2.10. The number of hydrogen-bond acceptors (Lipinski definition) is 1. The molecule has 0 unspecified atom stereocenters. The van der Waals surface area contributed by atoms with E-state index in [1.807, 2.05) is 0 Å². The van der Waals surface area contributed by atoms with Crippen LogP contribution in [-0.2, 0) is 9.84 Å². The second-order valence-electron chi connectivity index (χ2n) is 3.61. The molecule has 0 aromatic rings. The minimum Gasteiger partial charge on any atom is -0.379 e. The lowest BCUT2D eigenvalue weighted by atomic mass is 9.87. The van der Waals surface area contributed by atoms with Crippen molar-refractivity contribution in [1.82, 2.24) is 0 Å². The van der Waals surface area contributed by atoms with E-state index >= 15 is 0 Å². The van der Waals surface area contributed by atoms with Gasteiger partial charge < -0.3 is 4.74 Å². The first kappa shape index (κ1) is 10.0. The van der Waals surface area contributed by atoms with E-state index in [9.17, 15) is 5.11 Å². The lowest BCUT2D eigenvalue weighted by molar-refractivity contribution is 0.0549. The molecule has 2 heteroatoms. The van der Waals surface area contributed by atoms with Crippen molar-refractivity contribution in [2.45, 2.75) is 38.5 Å². The predicted octanol–water partition coefficient (Wildman–Crippen LogP) is 2.40. The minimum atomic E-state index is -0.0926. The fourth-order valence-corrected chi connectivity index (χ4v) is 1.89. The molecule has 2 nitrogen and oxygen atoms in total. The topological polar surface area (TPSA) is 29.1 Å². The molecule has 0 spiro atoms. The Kier molecular flexibility index (Phi) is 5.37. The summed E-state index contributed by atoms with van der Waals surface area (Å²) < 4.78 is 5.17. The quantitative estimate of drug-likeness (QED) is 0.584. The highest BCUT2D eigenvalue weighted by atomic mass is 16.5. The standard InChI is InChI=1S/C10H19O2/c11-7-9-12-8-6-10-4-2-1-3-5-10/h10H,1-9H2. The molecule has 1 radical (unpaired) electrons. The van der Waals surface area contributed by atoms with Crippen LogP contribution in [0, 0.1) is 5.92 Å². The number of rotatable bonds is 5. The van der Waals surface area contributed by atoms with E-state index in [0.29, 0.717) is 6.61 Å². The number of hydrogen-bond donors (Lipinski definition) is 0. The van der Waals surface area contributed by atoms with E-state index in [-0.39, 0.29) is 6.61 Å². The van der Waals surface area contributed by atoms with E-state index in [2.05, 4.69) is 0 Å². The third-order valence-corrected chi connectivity index (χ3v) is 2.62. The molecule has 1 rings (SSSR count). The molecule has 1 fully saturated rings. The van der Waals surface area contributed by atoms with Gasteiger partial charge in [-0.2, -0.15) is 0 Å².